The predicted molar refractivity (Wildman–Crippen MR) is 91.3 cm³/mol. The number of carbonyl (C=O) groups excluding carboxylic acids is 2. The number of nitrogens with zero attached hydrogens (tertiary/aromatic N) is 1. The molecule has 1 aromatic carbocycles. The largest absolute Gasteiger partial charge is 0.299 e. The molecule has 2 rings (SSSR count). The van der Waals surface area contributed by atoms with Crippen LogP contribution in [0.2, 0.25) is 0 Å². The smallest absolute Gasteiger partial charge is 0.249 e. The molecular weight excluding hydrogens is 346 g/mol. The highest BCUT2D eigenvalue weighted by Crippen LogP contribution is 2.43. The van der Waals surface area contributed by atoms with Crippen LogP contribution in [0.15, 0.2) is 40.8 Å². The number of Topliss-reactive ketones (excluding diaryl/α,β-unsaturated/α-hetero) is 2. The Balaban J connectivity index is 2.77. The van der Waals surface area contributed by atoms with Crippen molar-refractivity contribution in [1.29, 1.82) is 0 Å². The summed E-state index contributed by atoms with van der Waals surface area (Å²) in [5.74, 6) is -3.84. The molecule has 1 aliphatic rings. The lowest BCUT2D eigenvalue weighted by molar-refractivity contribution is -0.505. The van der Waals surface area contributed by atoms with Gasteiger partial charge in [0, 0.05) is 16.4 Å². The summed E-state index contributed by atoms with van der Waals surface area (Å²) in [6, 6.07) is 6.95. The Morgan fingerprint density at radius 3 is 2.08 bits per heavy atom. The van der Waals surface area contributed by atoms with Crippen molar-refractivity contribution < 1.29 is 22.9 Å². The molecule has 0 unspecified atom stereocenters. The minimum atomic E-state index is -3.96. The van der Waals surface area contributed by atoms with E-state index in [-0.39, 0.29) is 10.5 Å². The van der Waals surface area contributed by atoms with Gasteiger partial charge in [0.25, 0.3) is 0 Å². The van der Waals surface area contributed by atoms with Gasteiger partial charge in [0.05, 0.1) is 10.8 Å². The van der Waals surface area contributed by atoms with Crippen LogP contribution < -0.4 is 0 Å². The SMILES string of the molecule is CC(=O)C(C(C)=O)[C@@H](C1=C(C)[C@@H]([N+](=O)[O-])CS1(=O)=O)c1ccccc1. The lowest BCUT2D eigenvalue weighted by Gasteiger charge is -2.25. The highest BCUT2D eigenvalue weighted by Gasteiger charge is 2.48. The first kappa shape index (κ1) is 19.0. The second-order valence-corrected chi connectivity index (χ2v) is 8.22. The number of hydrogen-bond acceptors (Lipinski definition) is 6. The quantitative estimate of drug-likeness (QED) is 0.432. The van der Waals surface area contributed by atoms with E-state index in [2.05, 4.69) is 0 Å². The van der Waals surface area contributed by atoms with Crippen molar-refractivity contribution in [1.82, 2.24) is 0 Å². The first-order valence-corrected chi connectivity index (χ1v) is 9.36. The Kier molecular flexibility index (Phi) is 5.22. The summed E-state index contributed by atoms with van der Waals surface area (Å²) in [6.07, 6.45) is 0. The molecule has 0 saturated heterocycles. The molecule has 1 aromatic rings. The Labute approximate surface area is 145 Å². The molecule has 1 aliphatic heterocycles. The van der Waals surface area contributed by atoms with E-state index in [9.17, 15) is 28.1 Å². The van der Waals surface area contributed by atoms with Crippen molar-refractivity contribution in [2.45, 2.75) is 32.7 Å². The van der Waals surface area contributed by atoms with Crippen LogP contribution in [-0.4, -0.2) is 36.7 Å². The highest BCUT2D eigenvalue weighted by atomic mass is 32.2. The molecule has 25 heavy (non-hydrogen) atoms. The lowest BCUT2D eigenvalue weighted by atomic mass is 9.79. The molecule has 0 amide bonds. The molecule has 7 nitrogen and oxygen atoms in total. The Hall–Kier alpha value is -2.35. The summed E-state index contributed by atoms with van der Waals surface area (Å²) in [4.78, 5) is 34.6. The second kappa shape index (κ2) is 6.87. The summed E-state index contributed by atoms with van der Waals surface area (Å²) in [5.41, 5.74) is 0.561. The number of sulfone groups is 1. The summed E-state index contributed by atoms with van der Waals surface area (Å²) in [5, 5.41) is 11.2. The fraction of sp³-hybridized carbons (Fsp3) is 0.412. The van der Waals surface area contributed by atoms with E-state index >= 15 is 0 Å². The summed E-state index contributed by atoms with van der Waals surface area (Å²) in [6.45, 7) is 3.84. The number of ketones is 2. The maximum atomic E-state index is 12.7. The minimum absolute atomic E-state index is 0.0892. The first-order valence-electron chi connectivity index (χ1n) is 7.70. The van der Waals surface area contributed by atoms with E-state index in [4.69, 9.17) is 0 Å². The van der Waals surface area contributed by atoms with Crippen LogP contribution in [0.5, 0.6) is 0 Å². The Bertz CT molecular complexity index is 842. The van der Waals surface area contributed by atoms with Gasteiger partial charge in [0.2, 0.25) is 6.04 Å². The molecular formula is C17H19NO6S. The van der Waals surface area contributed by atoms with Crippen molar-refractivity contribution in [2.75, 3.05) is 5.75 Å². The number of allylic oxidation sites excluding steroid dienone is 1. The fourth-order valence-corrected chi connectivity index (χ4v) is 5.65. The Morgan fingerprint density at radius 2 is 1.68 bits per heavy atom. The molecule has 0 radical (unpaired) electrons. The maximum absolute atomic E-state index is 12.7. The number of carbonyl (C=O) groups is 2. The van der Waals surface area contributed by atoms with Crippen LogP contribution in [0.3, 0.4) is 0 Å². The van der Waals surface area contributed by atoms with E-state index in [1.54, 1.807) is 30.3 Å². The summed E-state index contributed by atoms with van der Waals surface area (Å²) < 4.78 is 25.3. The molecule has 0 bridgehead atoms. The van der Waals surface area contributed by atoms with Crippen LogP contribution in [0.4, 0.5) is 0 Å². The van der Waals surface area contributed by atoms with Crippen molar-refractivity contribution >= 4 is 21.4 Å². The molecule has 0 aromatic heterocycles. The van der Waals surface area contributed by atoms with Crippen LogP contribution in [-0.2, 0) is 19.4 Å². The number of rotatable bonds is 6. The van der Waals surface area contributed by atoms with Crippen molar-refractivity contribution in [3.8, 4) is 0 Å². The molecule has 0 saturated carbocycles. The standard InChI is InChI=1S/C17H19NO6S/c1-10-14(18(21)22)9-25(23,24)17(10)16(13-7-5-4-6-8-13)15(11(2)19)12(3)20/h4-8,14-16H,9H2,1-3H3/t14-,16-/m0/s1. The third-order valence-corrected chi connectivity index (χ3v) is 6.51. The molecule has 134 valence electrons. The zero-order valence-electron chi connectivity index (χ0n) is 14.1. The number of nitro groups is 1. The van der Waals surface area contributed by atoms with E-state index in [1.165, 1.54) is 20.8 Å². The van der Waals surface area contributed by atoms with Gasteiger partial charge in [-0.3, -0.25) is 19.7 Å². The summed E-state index contributed by atoms with van der Waals surface area (Å²) >= 11 is 0. The Morgan fingerprint density at radius 1 is 1.16 bits per heavy atom. The number of benzene rings is 1. The second-order valence-electron chi connectivity index (χ2n) is 6.22. The van der Waals surface area contributed by atoms with Gasteiger partial charge >= 0.3 is 0 Å². The van der Waals surface area contributed by atoms with E-state index in [0.29, 0.717) is 5.56 Å². The molecule has 8 heteroatoms. The molecule has 0 spiro atoms. The monoisotopic (exact) mass is 365 g/mol. The molecule has 0 aliphatic carbocycles. The van der Waals surface area contributed by atoms with Crippen LogP contribution in [0.25, 0.3) is 0 Å². The third-order valence-electron chi connectivity index (χ3n) is 4.51. The van der Waals surface area contributed by atoms with Crippen molar-refractivity contribution in [3.63, 3.8) is 0 Å². The van der Waals surface area contributed by atoms with Gasteiger partial charge < -0.3 is 0 Å². The van der Waals surface area contributed by atoms with Gasteiger partial charge in [-0.25, -0.2) is 8.42 Å². The topological polar surface area (TPSA) is 111 Å². The van der Waals surface area contributed by atoms with E-state index < -0.39 is 50.0 Å². The average Bonchev–Trinajstić information content (AvgIpc) is 2.75. The number of hydrogen-bond donors (Lipinski definition) is 0. The van der Waals surface area contributed by atoms with Gasteiger partial charge in [-0.1, -0.05) is 30.3 Å². The van der Waals surface area contributed by atoms with Gasteiger partial charge in [-0.15, -0.1) is 0 Å². The van der Waals surface area contributed by atoms with Crippen molar-refractivity contribution in [3.05, 3.63) is 56.5 Å². The molecule has 0 N–H and O–H groups in total. The van der Waals surface area contributed by atoms with Gasteiger partial charge in [-0.2, -0.15) is 0 Å². The maximum Gasteiger partial charge on any atom is 0.249 e. The van der Waals surface area contributed by atoms with Gasteiger partial charge in [0.15, 0.2) is 9.84 Å². The van der Waals surface area contributed by atoms with E-state index in [0.717, 1.165) is 0 Å². The van der Waals surface area contributed by atoms with Crippen LogP contribution in [0.1, 0.15) is 32.3 Å². The molecule has 0 fully saturated rings. The fourth-order valence-electron chi connectivity index (χ4n) is 3.40. The average molecular weight is 365 g/mol. The zero-order valence-corrected chi connectivity index (χ0v) is 14.9. The summed E-state index contributed by atoms with van der Waals surface area (Å²) in [7, 11) is -3.96. The normalized spacial score (nSPS) is 20.6. The van der Waals surface area contributed by atoms with Crippen LogP contribution >= 0.6 is 0 Å². The highest BCUT2D eigenvalue weighted by molar-refractivity contribution is 7.95. The zero-order chi connectivity index (χ0) is 18.9. The molecule has 1 heterocycles. The van der Waals surface area contributed by atoms with Crippen molar-refractivity contribution in [2.24, 2.45) is 5.92 Å². The van der Waals surface area contributed by atoms with Gasteiger partial charge in [0.1, 0.15) is 17.3 Å². The third kappa shape index (κ3) is 3.53. The van der Waals surface area contributed by atoms with Crippen LogP contribution in [0, 0.1) is 16.0 Å². The predicted octanol–water partition coefficient (Wildman–Crippen LogP) is 1.91. The van der Waals surface area contributed by atoms with E-state index in [1.807, 2.05) is 0 Å². The van der Waals surface area contributed by atoms with Gasteiger partial charge in [-0.05, 0) is 26.3 Å². The first-order chi connectivity index (χ1) is 11.6. The lowest BCUT2D eigenvalue weighted by Crippen LogP contribution is -2.30. The minimum Gasteiger partial charge on any atom is -0.299 e. The molecule has 2 atom stereocenters.